The third-order valence-electron chi connectivity index (χ3n) is 5.00. The van der Waals surface area contributed by atoms with Gasteiger partial charge in [0.1, 0.15) is 5.75 Å². The van der Waals surface area contributed by atoms with Crippen LogP contribution >= 0.6 is 0 Å². The Morgan fingerprint density at radius 3 is 2.54 bits per heavy atom. The second-order valence-corrected chi connectivity index (χ2v) is 8.09. The zero-order valence-corrected chi connectivity index (χ0v) is 19.4. The van der Waals surface area contributed by atoms with E-state index in [-0.39, 0.29) is 17.5 Å². The third kappa shape index (κ3) is 6.57. The van der Waals surface area contributed by atoms with Gasteiger partial charge in [-0.15, -0.1) is 13.2 Å². The lowest BCUT2D eigenvalue weighted by atomic mass is 10.2. The number of ether oxygens (including phenoxy) is 1. The van der Waals surface area contributed by atoms with Crippen molar-refractivity contribution >= 4 is 5.69 Å². The Balaban J connectivity index is 1.42. The Bertz CT molecular complexity index is 1250. The van der Waals surface area contributed by atoms with Crippen molar-refractivity contribution in [1.29, 1.82) is 0 Å². The van der Waals surface area contributed by atoms with Crippen molar-refractivity contribution in [2.75, 3.05) is 32.5 Å². The molecule has 0 bridgehead atoms. The van der Waals surface area contributed by atoms with E-state index in [4.69, 9.17) is 4.52 Å². The first kappa shape index (κ1) is 24.2. The summed E-state index contributed by atoms with van der Waals surface area (Å²) in [6.07, 6.45) is -2.96. The minimum absolute atomic E-state index is 0.200. The molecule has 12 heteroatoms. The van der Waals surface area contributed by atoms with Crippen LogP contribution in [0.25, 0.3) is 23.0 Å². The fourth-order valence-electron chi connectivity index (χ4n) is 3.23. The molecule has 0 unspecified atom stereocenters. The fraction of sp³-hybridized carbons (Fsp3) is 0.304. The van der Waals surface area contributed by atoms with E-state index in [1.807, 2.05) is 39.2 Å². The zero-order chi connectivity index (χ0) is 25.0. The molecule has 0 aliphatic heterocycles. The van der Waals surface area contributed by atoms with E-state index < -0.39 is 6.36 Å². The van der Waals surface area contributed by atoms with Crippen LogP contribution in [0.15, 0.2) is 53.2 Å². The average Bonchev–Trinajstić information content (AvgIpc) is 3.42. The summed E-state index contributed by atoms with van der Waals surface area (Å²) in [4.78, 5) is 10.9. The van der Waals surface area contributed by atoms with Gasteiger partial charge >= 0.3 is 6.36 Å². The van der Waals surface area contributed by atoms with Gasteiger partial charge in [0.2, 0.25) is 5.82 Å². The van der Waals surface area contributed by atoms with Crippen LogP contribution in [0.4, 0.5) is 18.9 Å². The lowest BCUT2D eigenvalue weighted by Crippen LogP contribution is -2.20. The molecule has 0 fully saturated rings. The lowest BCUT2D eigenvalue weighted by Gasteiger charge is -2.11. The van der Waals surface area contributed by atoms with Crippen molar-refractivity contribution in [3.8, 4) is 28.7 Å². The van der Waals surface area contributed by atoms with Gasteiger partial charge in [-0.25, -0.2) is 0 Å². The van der Waals surface area contributed by atoms with E-state index >= 15 is 0 Å². The van der Waals surface area contributed by atoms with Crippen molar-refractivity contribution in [1.82, 2.24) is 29.8 Å². The minimum atomic E-state index is -4.75. The van der Waals surface area contributed by atoms with Crippen molar-refractivity contribution < 1.29 is 22.4 Å². The highest BCUT2D eigenvalue weighted by Gasteiger charge is 2.31. The number of hydrogen-bond acceptors (Lipinski definition) is 8. The molecule has 0 saturated carbocycles. The number of anilines is 1. The first-order valence-corrected chi connectivity index (χ1v) is 10.7. The summed E-state index contributed by atoms with van der Waals surface area (Å²) >= 11 is 0. The number of hydrogen-bond donors (Lipinski definition) is 1. The Labute approximate surface area is 199 Å². The summed E-state index contributed by atoms with van der Waals surface area (Å²) in [7, 11) is 4.04. The van der Waals surface area contributed by atoms with Gasteiger partial charge in [-0.1, -0.05) is 5.16 Å². The van der Waals surface area contributed by atoms with Crippen LogP contribution < -0.4 is 10.1 Å². The Morgan fingerprint density at radius 2 is 1.89 bits per heavy atom. The summed E-state index contributed by atoms with van der Waals surface area (Å²) in [5, 5.41) is 11.8. The topological polar surface area (TPSA) is 94.1 Å². The standard InChI is InChI=1S/C23H24F3N7O2/c1-15-12-20(30-33(15)14-18-7-6-17(13-28-18)27-10-11-32(2)3)22-29-21(31-35-22)16-4-8-19(9-5-16)34-23(24,25)26/h4-9,12-13,27H,10-11,14H2,1-3H3. The molecule has 184 valence electrons. The second kappa shape index (κ2) is 10.1. The Kier molecular flexibility index (Phi) is 7.01. The van der Waals surface area contributed by atoms with Gasteiger partial charge in [-0.05, 0) is 63.5 Å². The Hall–Kier alpha value is -3.93. The summed E-state index contributed by atoms with van der Waals surface area (Å²) in [6, 6.07) is 11.0. The molecule has 0 saturated heterocycles. The molecule has 3 aromatic heterocycles. The lowest BCUT2D eigenvalue weighted by molar-refractivity contribution is -0.274. The summed E-state index contributed by atoms with van der Waals surface area (Å²) < 4.78 is 48.0. The van der Waals surface area contributed by atoms with Gasteiger partial charge in [0.05, 0.1) is 24.1 Å². The molecule has 0 radical (unpaired) electrons. The molecule has 0 amide bonds. The molecule has 0 aliphatic carbocycles. The average molecular weight is 487 g/mol. The van der Waals surface area contributed by atoms with E-state index in [9.17, 15) is 13.2 Å². The molecule has 0 aliphatic rings. The van der Waals surface area contributed by atoms with Crippen LogP contribution in [0.2, 0.25) is 0 Å². The maximum Gasteiger partial charge on any atom is 0.573 e. The van der Waals surface area contributed by atoms with E-state index in [0.29, 0.717) is 17.8 Å². The number of pyridine rings is 1. The van der Waals surface area contributed by atoms with Crippen molar-refractivity contribution in [3.05, 3.63) is 60.0 Å². The number of benzene rings is 1. The van der Waals surface area contributed by atoms with Gasteiger partial charge in [-0.3, -0.25) is 9.67 Å². The largest absolute Gasteiger partial charge is 0.573 e. The molecule has 3 heterocycles. The number of halogens is 3. The van der Waals surface area contributed by atoms with Gasteiger partial charge in [0, 0.05) is 24.3 Å². The molecule has 9 nitrogen and oxygen atoms in total. The van der Waals surface area contributed by atoms with Crippen LogP contribution in [0.5, 0.6) is 5.75 Å². The zero-order valence-electron chi connectivity index (χ0n) is 19.4. The van der Waals surface area contributed by atoms with Crippen LogP contribution in [0, 0.1) is 6.92 Å². The smallest absolute Gasteiger partial charge is 0.406 e. The van der Waals surface area contributed by atoms with Gasteiger partial charge < -0.3 is 19.5 Å². The first-order valence-electron chi connectivity index (χ1n) is 10.7. The predicted molar refractivity (Wildman–Crippen MR) is 123 cm³/mol. The molecule has 0 atom stereocenters. The highest BCUT2D eigenvalue weighted by molar-refractivity contribution is 5.59. The maximum absolute atomic E-state index is 12.3. The monoisotopic (exact) mass is 487 g/mol. The number of likely N-dealkylation sites (N-methyl/N-ethyl adjacent to an activating group) is 1. The molecule has 0 spiro atoms. The second-order valence-electron chi connectivity index (χ2n) is 8.09. The first-order chi connectivity index (χ1) is 16.7. The SMILES string of the molecule is Cc1cc(-c2nc(-c3ccc(OC(F)(F)F)cc3)no2)nn1Cc1ccc(NCCN(C)C)cn1. The number of nitrogens with zero attached hydrogens (tertiary/aromatic N) is 6. The normalized spacial score (nSPS) is 11.7. The van der Waals surface area contributed by atoms with Crippen molar-refractivity contribution in [2.24, 2.45) is 0 Å². The van der Waals surface area contributed by atoms with E-state index in [0.717, 1.165) is 30.2 Å². The van der Waals surface area contributed by atoms with Crippen LogP contribution in [-0.2, 0) is 6.54 Å². The number of aromatic nitrogens is 5. The minimum Gasteiger partial charge on any atom is -0.406 e. The summed E-state index contributed by atoms with van der Waals surface area (Å²) in [5.74, 6) is 0.0981. The molecular weight excluding hydrogens is 463 g/mol. The maximum atomic E-state index is 12.3. The van der Waals surface area contributed by atoms with Crippen molar-refractivity contribution in [3.63, 3.8) is 0 Å². The molecule has 35 heavy (non-hydrogen) atoms. The van der Waals surface area contributed by atoms with Gasteiger partial charge in [0.25, 0.3) is 5.89 Å². The van der Waals surface area contributed by atoms with Gasteiger partial charge in [0.15, 0.2) is 5.69 Å². The number of alkyl halides is 3. The van der Waals surface area contributed by atoms with Gasteiger partial charge in [-0.2, -0.15) is 10.1 Å². The molecule has 4 aromatic rings. The van der Waals surface area contributed by atoms with E-state index in [2.05, 4.69) is 35.2 Å². The highest BCUT2D eigenvalue weighted by atomic mass is 19.4. The Morgan fingerprint density at radius 1 is 1.11 bits per heavy atom. The third-order valence-corrected chi connectivity index (χ3v) is 5.00. The molecular formula is C23H24F3N7O2. The van der Waals surface area contributed by atoms with Crippen molar-refractivity contribution in [2.45, 2.75) is 19.8 Å². The molecule has 1 aromatic carbocycles. The van der Waals surface area contributed by atoms with Crippen LogP contribution in [0.3, 0.4) is 0 Å². The number of nitrogens with one attached hydrogen (secondary N) is 1. The fourth-order valence-corrected chi connectivity index (χ4v) is 3.23. The van der Waals surface area contributed by atoms with E-state index in [1.165, 1.54) is 24.3 Å². The number of rotatable bonds is 9. The quantitative estimate of drug-likeness (QED) is 0.375. The van der Waals surface area contributed by atoms with Crippen LogP contribution in [0.1, 0.15) is 11.4 Å². The predicted octanol–water partition coefficient (Wildman–Crippen LogP) is 4.22. The highest BCUT2D eigenvalue weighted by Crippen LogP contribution is 2.27. The molecule has 4 rings (SSSR count). The van der Waals surface area contributed by atoms with Crippen LogP contribution in [-0.4, -0.2) is 63.4 Å². The van der Waals surface area contributed by atoms with E-state index in [1.54, 1.807) is 10.9 Å². The summed E-state index contributed by atoms with van der Waals surface area (Å²) in [6.45, 7) is 4.12. The number of aryl methyl sites for hydroxylation is 1. The summed E-state index contributed by atoms with van der Waals surface area (Å²) in [5.41, 5.74) is 3.64. The molecule has 1 N–H and O–H groups in total.